The molecule has 0 bridgehead atoms. The quantitative estimate of drug-likeness (QED) is 0.182. The average molecular weight is 710 g/mol. The average Bonchev–Trinajstić information content (AvgIpc) is 3.80. The zero-order valence-electron chi connectivity index (χ0n) is 30.0. The van der Waals surface area contributed by atoms with Gasteiger partial charge in [0.05, 0.1) is 22.4 Å². The normalized spacial score (nSPS) is 11.5. The highest BCUT2D eigenvalue weighted by Gasteiger charge is 2.22. The van der Waals surface area contributed by atoms with Gasteiger partial charge in [0.15, 0.2) is 0 Å². The molecule has 0 aliphatic rings. The van der Waals surface area contributed by atoms with E-state index in [2.05, 4.69) is 168 Å². The van der Waals surface area contributed by atoms with Crippen molar-refractivity contribution in [1.82, 2.24) is 14.5 Å². The molecule has 3 aromatic heterocycles. The minimum Gasteiger partial charge on any atom is -0.277 e. The Bertz CT molecular complexity index is 3120. The van der Waals surface area contributed by atoms with Gasteiger partial charge in [0.2, 0.25) is 5.95 Å². The molecule has 0 aliphatic carbocycles. The summed E-state index contributed by atoms with van der Waals surface area (Å²) in [6.45, 7) is 4.00. The molecule has 0 spiro atoms. The third-order valence-corrected chi connectivity index (χ3v) is 11.6. The van der Waals surface area contributed by atoms with E-state index < -0.39 is 0 Å². The summed E-state index contributed by atoms with van der Waals surface area (Å²) < 4.78 is 4.89. The second kappa shape index (κ2) is 13.1. The van der Waals surface area contributed by atoms with Gasteiger partial charge in [-0.25, -0.2) is 9.97 Å². The van der Waals surface area contributed by atoms with Crippen LogP contribution >= 0.6 is 11.3 Å². The van der Waals surface area contributed by atoms with Crippen LogP contribution in [0.3, 0.4) is 0 Å². The van der Waals surface area contributed by atoms with Crippen LogP contribution in [0.5, 0.6) is 0 Å². The van der Waals surface area contributed by atoms with E-state index in [9.17, 15) is 0 Å². The number of hydrogen-bond acceptors (Lipinski definition) is 3. The Labute approximate surface area is 317 Å². The van der Waals surface area contributed by atoms with Gasteiger partial charge in [-0.1, -0.05) is 166 Å². The van der Waals surface area contributed by atoms with Crippen molar-refractivity contribution >= 4 is 74.9 Å². The first-order valence-electron chi connectivity index (χ1n) is 18.6. The van der Waals surface area contributed by atoms with E-state index in [-0.39, 0.29) is 0 Å². The number of benzene rings is 8. The molecule has 0 saturated heterocycles. The molecule has 0 fully saturated rings. The maximum absolute atomic E-state index is 5.37. The molecule has 0 saturated carbocycles. The fourth-order valence-corrected chi connectivity index (χ4v) is 9.25. The van der Waals surface area contributed by atoms with E-state index in [1.807, 2.05) is 37.3 Å². The number of thiophene rings is 1. The molecule has 11 rings (SSSR count). The highest BCUT2D eigenvalue weighted by Crippen LogP contribution is 2.46. The lowest BCUT2D eigenvalue weighted by Gasteiger charge is -2.14. The van der Waals surface area contributed by atoms with Gasteiger partial charge < -0.3 is 0 Å². The molecule has 11 aromatic rings. The lowest BCUT2D eigenvalue weighted by molar-refractivity contribution is 0.996. The second-order valence-corrected chi connectivity index (χ2v) is 14.4. The Balaban J connectivity index is 0.00000178. The molecule has 4 heteroatoms. The molecule has 256 valence electrons. The molecule has 54 heavy (non-hydrogen) atoms. The maximum atomic E-state index is 5.37. The summed E-state index contributed by atoms with van der Waals surface area (Å²) >= 11 is 1.88. The van der Waals surface area contributed by atoms with Crippen molar-refractivity contribution in [2.24, 2.45) is 0 Å². The van der Waals surface area contributed by atoms with Crippen LogP contribution in [0.25, 0.3) is 103 Å². The van der Waals surface area contributed by atoms with Crippen LogP contribution in [0.15, 0.2) is 176 Å². The molecular weight excluding hydrogens is 675 g/mol. The van der Waals surface area contributed by atoms with Crippen LogP contribution in [0.4, 0.5) is 0 Å². The fraction of sp³-hybridized carbons (Fsp3) is 0.0400. The zero-order chi connectivity index (χ0) is 36.2. The molecule has 0 amide bonds. The van der Waals surface area contributed by atoms with Crippen molar-refractivity contribution in [3.8, 4) is 39.6 Å². The standard InChI is InChI=1S/C48H29N3S.C2H6/c1-3-14-31(15-4-1)41-29-42(32-16-5-2-6-17-32)50-48(49-41)51-43-28-34-19-8-7-18-33(34)27-40(43)37-22-11-21-36(46(37)51)38-23-12-24-39-45-35-20-10-9-13-30(35)25-26-44(45)52-47(38)39;1-2/h1-29H;1-2H3. The molecule has 3 nitrogen and oxygen atoms in total. The SMILES string of the molecule is CC.c1ccc(-c2cc(-c3ccccc3)nc(-n3c4cc5ccccc5cc4c4cccc(-c5cccc6c5sc5ccc7ccccc7c56)c43)n2)cc1. The number of nitrogens with zero attached hydrogens (tertiary/aromatic N) is 3. The number of aromatic nitrogens is 3. The monoisotopic (exact) mass is 709 g/mol. The van der Waals surface area contributed by atoms with Crippen molar-refractivity contribution < 1.29 is 0 Å². The minimum atomic E-state index is 0.650. The molecule has 0 atom stereocenters. The highest BCUT2D eigenvalue weighted by atomic mass is 32.1. The van der Waals surface area contributed by atoms with Crippen molar-refractivity contribution in [2.45, 2.75) is 13.8 Å². The molecule has 0 N–H and O–H groups in total. The Morgan fingerprint density at radius 1 is 0.444 bits per heavy atom. The molecule has 3 heterocycles. The number of para-hydroxylation sites is 1. The Hall–Kier alpha value is -6.62. The van der Waals surface area contributed by atoms with Crippen molar-refractivity contribution in [1.29, 1.82) is 0 Å². The topological polar surface area (TPSA) is 30.7 Å². The molecule has 0 radical (unpaired) electrons. The predicted octanol–water partition coefficient (Wildman–Crippen LogP) is 14.3. The van der Waals surface area contributed by atoms with Crippen molar-refractivity contribution in [2.75, 3.05) is 0 Å². The van der Waals surface area contributed by atoms with Crippen molar-refractivity contribution in [3.63, 3.8) is 0 Å². The van der Waals surface area contributed by atoms with Gasteiger partial charge in [-0.05, 0) is 45.8 Å². The van der Waals surface area contributed by atoms with Crippen LogP contribution in [0.1, 0.15) is 13.8 Å². The Morgan fingerprint density at radius 2 is 1.02 bits per heavy atom. The predicted molar refractivity (Wildman–Crippen MR) is 232 cm³/mol. The van der Waals surface area contributed by atoms with E-state index in [1.54, 1.807) is 0 Å². The molecular formula is C50H35N3S. The van der Waals surface area contributed by atoms with Gasteiger partial charge in [0.25, 0.3) is 0 Å². The van der Waals surface area contributed by atoms with E-state index in [0.717, 1.165) is 39.1 Å². The first kappa shape index (κ1) is 32.1. The van der Waals surface area contributed by atoms with Crippen LogP contribution in [-0.4, -0.2) is 14.5 Å². The summed E-state index contributed by atoms with van der Waals surface area (Å²) in [5.74, 6) is 0.650. The summed E-state index contributed by atoms with van der Waals surface area (Å²) in [4.78, 5) is 10.7. The second-order valence-electron chi connectivity index (χ2n) is 13.4. The summed E-state index contributed by atoms with van der Waals surface area (Å²) in [5.41, 5.74) is 8.44. The first-order valence-corrected chi connectivity index (χ1v) is 19.4. The number of hydrogen-bond donors (Lipinski definition) is 0. The molecule has 0 aliphatic heterocycles. The summed E-state index contributed by atoms with van der Waals surface area (Å²) in [5, 5.41) is 9.92. The van der Waals surface area contributed by atoms with Crippen LogP contribution < -0.4 is 0 Å². The lowest BCUT2D eigenvalue weighted by Crippen LogP contribution is -2.04. The summed E-state index contributed by atoms with van der Waals surface area (Å²) in [7, 11) is 0. The third-order valence-electron chi connectivity index (χ3n) is 10.4. The van der Waals surface area contributed by atoms with Gasteiger partial charge in [0, 0.05) is 53.2 Å². The highest BCUT2D eigenvalue weighted by molar-refractivity contribution is 7.26. The maximum Gasteiger partial charge on any atom is 0.235 e. The molecule has 0 unspecified atom stereocenters. The van der Waals surface area contributed by atoms with Crippen LogP contribution in [-0.2, 0) is 0 Å². The Kier molecular flexibility index (Phi) is 7.78. The van der Waals surface area contributed by atoms with Gasteiger partial charge in [0.1, 0.15) is 0 Å². The van der Waals surface area contributed by atoms with E-state index in [0.29, 0.717) is 5.95 Å². The number of rotatable bonds is 4. The van der Waals surface area contributed by atoms with Crippen LogP contribution in [0, 0.1) is 0 Å². The Morgan fingerprint density at radius 3 is 1.72 bits per heavy atom. The first-order chi connectivity index (χ1) is 26.8. The van der Waals surface area contributed by atoms with Gasteiger partial charge >= 0.3 is 0 Å². The van der Waals surface area contributed by atoms with E-state index in [1.165, 1.54) is 58.1 Å². The molecule has 8 aromatic carbocycles. The van der Waals surface area contributed by atoms with E-state index in [4.69, 9.17) is 9.97 Å². The fourth-order valence-electron chi connectivity index (χ4n) is 8.00. The third kappa shape index (κ3) is 5.10. The smallest absolute Gasteiger partial charge is 0.235 e. The summed E-state index contributed by atoms with van der Waals surface area (Å²) in [6, 6.07) is 63.0. The van der Waals surface area contributed by atoms with Gasteiger partial charge in [-0.15, -0.1) is 11.3 Å². The largest absolute Gasteiger partial charge is 0.277 e. The minimum absolute atomic E-state index is 0.650. The summed E-state index contributed by atoms with van der Waals surface area (Å²) in [6.07, 6.45) is 0. The number of fused-ring (bicyclic) bond motifs is 9. The van der Waals surface area contributed by atoms with Gasteiger partial charge in [-0.3, -0.25) is 4.57 Å². The van der Waals surface area contributed by atoms with Crippen LogP contribution in [0.2, 0.25) is 0 Å². The zero-order valence-corrected chi connectivity index (χ0v) is 30.8. The van der Waals surface area contributed by atoms with E-state index >= 15 is 0 Å². The van der Waals surface area contributed by atoms with Gasteiger partial charge in [-0.2, -0.15) is 0 Å². The lowest BCUT2D eigenvalue weighted by atomic mass is 9.98. The van der Waals surface area contributed by atoms with Crippen molar-refractivity contribution in [3.05, 3.63) is 176 Å².